The Morgan fingerprint density at radius 2 is 1.33 bits per heavy atom. The minimum Gasteiger partial charge on any atom is -0.507 e. The fourth-order valence-electron chi connectivity index (χ4n) is 1.05. The van der Waals surface area contributed by atoms with Gasteiger partial charge < -0.3 is 10.2 Å². The molecule has 0 saturated heterocycles. The van der Waals surface area contributed by atoms with Crippen molar-refractivity contribution in [3.8, 4) is 11.5 Å². The summed E-state index contributed by atoms with van der Waals surface area (Å²) >= 11 is 0. The first kappa shape index (κ1) is 9.77. The van der Waals surface area contributed by atoms with Crippen molar-refractivity contribution in [2.24, 2.45) is 0 Å². The zero-order valence-electron chi connectivity index (χ0n) is 7.05. The quantitative estimate of drug-likeness (QED) is 0.608. The first-order valence-electron chi connectivity index (χ1n) is 3.52. The first-order valence-corrected chi connectivity index (χ1v) is 4.68. The minimum absolute atomic E-state index is 0.146. The Hall–Kier alpha value is -0.320. The van der Waals surface area contributed by atoms with Gasteiger partial charge in [0.25, 0.3) is 0 Å². The van der Waals surface area contributed by atoms with Gasteiger partial charge in [-0.25, -0.2) is 0 Å². The van der Waals surface area contributed by atoms with E-state index in [1.165, 1.54) is 0 Å². The molecule has 2 unspecified atom stereocenters. The summed E-state index contributed by atoms with van der Waals surface area (Å²) in [7, 11) is 4.95. The summed E-state index contributed by atoms with van der Waals surface area (Å²) in [4.78, 5) is 0. The minimum atomic E-state index is 0.146. The zero-order valence-corrected chi connectivity index (χ0v) is 9.36. The molecule has 0 bridgehead atoms. The third-order valence-corrected chi connectivity index (χ3v) is 3.68. The largest absolute Gasteiger partial charge is 0.507 e. The lowest BCUT2D eigenvalue weighted by atomic mass is 10.1. The molecule has 0 heterocycles. The van der Waals surface area contributed by atoms with E-state index < -0.39 is 0 Å². The van der Waals surface area contributed by atoms with Crippen molar-refractivity contribution in [1.82, 2.24) is 0 Å². The van der Waals surface area contributed by atoms with Crippen molar-refractivity contribution < 1.29 is 10.2 Å². The topological polar surface area (TPSA) is 40.5 Å². The summed E-state index contributed by atoms with van der Waals surface area (Å²) < 4.78 is 0. The molecule has 0 aliphatic rings. The molecule has 2 atom stereocenters. The monoisotopic (exact) mass is 202 g/mol. The fourth-order valence-corrected chi connectivity index (χ4v) is 1.76. The van der Waals surface area contributed by atoms with Gasteiger partial charge in [0.15, 0.2) is 0 Å². The van der Waals surface area contributed by atoms with Gasteiger partial charge in [0, 0.05) is 10.9 Å². The van der Waals surface area contributed by atoms with Gasteiger partial charge in [-0.05, 0) is 24.7 Å². The van der Waals surface area contributed by atoms with Crippen molar-refractivity contribution in [3.63, 3.8) is 0 Å². The second-order valence-electron chi connectivity index (χ2n) is 2.77. The van der Waals surface area contributed by atoms with E-state index in [2.05, 4.69) is 18.5 Å². The Morgan fingerprint density at radius 3 is 1.83 bits per heavy atom. The van der Waals surface area contributed by atoms with E-state index in [0.29, 0.717) is 5.56 Å². The summed E-state index contributed by atoms with van der Waals surface area (Å²) in [5.74, 6) is 0.316. The van der Waals surface area contributed by atoms with Gasteiger partial charge in [-0.15, -0.1) is 18.5 Å². The van der Waals surface area contributed by atoms with Crippen LogP contribution in [0.15, 0.2) is 0 Å². The molecule has 2 N–H and O–H groups in total. The van der Waals surface area contributed by atoms with Crippen LogP contribution in [0, 0.1) is 13.8 Å². The maximum atomic E-state index is 9.51. The van der Waals surface area contributed by atoms with Crippen LogP contribution in [-0.2, 0) is 0 Å². The van der Waals surface area contributed by atoms with E-state index in [1.54, 1.807) is 6.92 Å². The average Bonchev–Trinajstić information content (AvgIpc) is 2.08. The Bertz CT molecular complexity index is 229. The van der Waals surface area contributed by atoms with Crippen LogP contribution in [0.3, 0.4) is 0 Å². The summed E-state index contributed by atoms with van der Waals surface area (Å²) in [5.41, 5.74) is 1.32. The molecule has 2 nitrogen and oxygen atoms in total. The van der Waals surface area contributed by atoms with Crippen LogP contribution >= 0.6 is 18.5 Å². The van der Waals surface area contributed by atoms with Crippen molar-refractivity contribution in [2.75, 3.05) is 0 Å². The van der Waals surface area contributed by atoms with Crippen LogP contribution in [0.2, 0.25) is 0 Å². The average molecular weight is 202 g/mol. The van der Waals surface area contributed by atoms with Gasteiger partial charge in [0.2, 0.25) is 0 Å². The number of hydrogen-bond acceptors (Lipinski definition) is 2. The number of benzene rings is 1. The molecule has 0 fully saturated rings. The molecule has 0 spiro atoms. The SMILES string of the molecule is Cc1c(O)c(C)c(P)c(P)c1O. The number of phenols is 2. The fraction of sp³-hybridized carbons (Fsp3) is 0.250. The Labute approximate surface area is 76.4 Å². The van der Waals surface area contributed by atoms with Gasteiger partial charge in [0.05, 0.1) is 0 Å². The molecule has 1 aromatic carbocycles. The van der Waals surface area contributed by atoms with E-state index in [-0.39, 0.29) is 11.5 Å². The number of aromatic hydroxyl groups is 2. The predicted octanol–water partition coefficient (Wildman–Crippen LogP) is 0.715. The number of phenolic OH excluding ortho intramolecular Hbond substituents is 2. The van der Waals surface area contributed by atoms with E-state index >= 15 is 0 Å². The number of hydrogen-bond donors (Lipinski definition) is 2. The summed E-state index contributed by atoms with van der Waals surface area (Å²) in [6, 6.07) is 0. The lowest BCUT2D eigenvalue weighted by Gasteiger charge is -2.12. The smallest absolute Gasteiger partial charge is 0.129 e. The first-order chi connectivity index (χ1) is 5.46. The lowest BCUT2D eigenvalue weighted by molar-refractivity contribution is 0.444. The van der Waals surface area contributed by atoms with Gasteiger partial charge in [-0.1, -0.05) is 0 Å². The van der Waals surface area contributed by atoms with Crippen LogP contribution < -0.4 is 10.6 Å². The molecule has 0 saturated carbocycles. The van der Waals surface area contributed by atoms with Gasteiger partial charge in [0.1, 0.15) is 11.5 Å². The highest BCUT2D eigenvalue weighted by atomic mass is 31.0. The van der Waals surface area contributed by atoms with Crippen molar-refractivity contribution in [3.05, 3.63) is 11.1 Å². The molecule has 0 aliphatic carbocycles. The molecule has 1 aromatic rings. The zero-order chi connectivity index (χ0) is 9.46. The highest BCUT2D eigenvalue weighted by Crippen LogP contribution is 2.28. The third-order valence-electron chi connectivity index (χ3n) is 2.01. The molecule has 0 aromatic heterocycles. The van der Waals surface area contributed by atoms with Gasteiger partial charge >= 0.3 is 0 Å². The molecule has 12 heavy (non-hydrogen) atoms. The second kappa shape index (κ2) is 3.20. The third kappa shape index (κ3) is 1.30. The van der Waals surface area contributed by atoms with E-state index in [0.717, 1.165) is 16.2 Å². The van der Waals surface area contributed by atoms with E-state index in [1.807, 2.05) is 6.92 Å². The molecular formula is C8H12O2P2. The standard InChI is InChI=1S/C8H12O2P2/c1-3-5(9)4(2)7(11)8(12)6(3)10/h9-10H,11-12H2,1-2H3. The maximum Gasteiger partial charge on any atom is 0.129 e. The summed E-state index contributed by atoms with van der Waals surface area (Å²) in [5, 5.41) is 20.6. The van der Waals surface area contributed by atoms with Crippen molar-refractivity contribution in [1.29, 1.82) is 0 Å². The summed E-state index contributed by atoms with van der Waals surface area (Å²) in [6.07, 6.45) is 0. The second-order valence-corrected chi connectivity index (χ2v) is 3.93. The van der Waals surface area contributed by atoms with Crippen LogP contribution in [0.1, 0.15) is 11.1 Å². The van der Waals surface area contributed by atoms with Crippen LogP contribution in [-0.4, -0.2) is 10.2 Å². The van der Waals surface area contributed by atoms with Crippen LogP contribution in [0.5, 0.6) is 11.5 Å². The van der Waals surface area contributed by atoms with Gasteiger partial charge in [-0.3, -0.25) is 0 Å². The Morgan fingerprint density at radius 1 is 0.833 bits per heavy atom. The Kier molecular flexibility index (Phi) is 2.61. The predicted molar refractivity (Wildman–Crippen MR) is 57.9 cm³/mol. The van der Waals surface area contributed by atoms with Crippen molar-refractivity contribution >= 4 is 29.1 Å². The molecular weight excluding hydrogens is 190 g/mol. The van der Waals surface area contributed by atoms with E-state index in [4.69, 9.17) is 0 Å². The Balaban J connectivity index is 3.60. The van der Waals surface area contributed by atoms with Gasteiger partial charge in [-0.2, -0.15) is 0 Å². The van der Waals surface area contributed by atoms with Crippen LogP contribution in [0.25, 0.3) is 0 Å². The normalized spacial score (nSPS) is 10.3. The highest BCUT2D eigenvalue weighted by molar-refractivity contribution is 7.36. The molecule has 1 rings (SSSR count). The number of rotatable bonds is 0. The van der Waals surface area contributed by atoms with Crippen LogP contribution in [0.4, 0.5) is 0 Å². The molecule has 4 heteroatoms. The maximum absolute atomic E-state index is 9.51. The molecule has 0 amide bonds. The molecule has 0 radical (unpaired) electrons. The molecule has 66 valence electrons. The summed E-state index contributed by atoms with van der Waals surface area (Å²) in [6.45, 7) is 3.51. The molecule has 0 aliphatic heterocycles. The highest BCUT2D eigenvalue weighted by Gasteiger charge is 2.12. The van der Waals surface area contributed by atoms with E-state index in [9.17, 15) is 10.2 Å². The lowest BCUT2D eigenvalue weighted by Crippen LogP contribution is -2.16. The van der Waals surface area contributed by atoms with Crippen molar-refractivity contribution in [2.45, 2.75) is 13.8 Å².